The number of benzene rings is 1. The third-order valence-electron chi connectivity index (χ3n) is 3.57. The molecule has 5 heteroatoms. The molecule has 0 atom stereocenters. The summed E-state index contributed by atoms with van der Waals surface area (Å²) in [5, 5.41) is 4.40. The molecule has 0 bridgehead atoms. The lowest BCUT2D eigenvalue weighted by Gasteiger charge is -2.07. The van der Waals surface area contributed by atoms with Crippen molar-refractivity contribution in [2.75, 3.05) is 18.6 Å². The van der Waals surface area contributed by atoms with Crippen LogP contribution in [0.4, 0.5) is 0 Å². The molecular formula is C15H22N2O2S. The van der Waals surface area contributed by atoms with Gasteiger partial charge in [0.15, 0.2) is 0 Å². The minimum atomic E-state index is -2.87. The number of sulfone groups is 1. The molecule has 0 radical (unpaired) electrons. The highest BCUT2D eigenvalue weighted by Crippen LogP contribution is 2.20. The fourth-order valence-corrected chi connectivity index (χ4v) is 3.28. The fourth-order valence-electron chi connectivity index (χ4n) is 2.43. The zero-order valence-electron chi connectivity index (χ0n) is 12.1. The van der Waals surface area contributed by atoms with Crippen molar-refractivity contribution in [2.45, 2.75) is 26.4 Å². The van der Waals surface area contributed by atoms with Gasteiger partial charge in [0.2, 0.25) is 0 Å². The van der Waals surface area contributed by atoms with E-state index in [0.717, 1.165) is 13.1 Å². The Kier molecular flexibility index (Phi) is 4.83. The van der Waals surface area contributed by atoms with Gasteiger partial charge in [0.1, 0.15) is 9.84 Å². The van der Waals surface area contributed by atoms with Crippen LogP contribution in [0.15, 0.2) is 30.5 Å². The monoisotopic (exact) mass is 294 g/mol. The Hall–Kier alpha value is -1.33. The molecule has 0 spiro atoms. The maximum atomic E-state index is 11.5. The summed E-state index contributed by atoms with van der Waals surface area (Å²) < 4.78 is 25.2. The van der Waals surface area contributed by atoms with Crippen molar-refractivity contribution >= 4 is 20.7 Å². The lowest BCUT2D eigenvalue weighted by Crippen LogP contribution is -2.11. The van der Waals surface area contributed by atoms with Crippen molar-refractivity contribution in [3.63, 3.8) is 0 Å². The van der Waals surface area contributed by atoms with Crippen molar-refractivity contribution in [3.05, 3.63) is 36.0 Å². The molecule has 0 aliphatic heterocycles. The van der Waals surface area contributed by atoms with E-state index in [1.54, 1.807) is 6.92 Å². The van der Waals surface area contributed by atoms with E-state index >= 15 is 0 Å². The standard InChI is InChI=1S/C15H22N2O2S/c1-3-20(18,19)11-5-9-17-10-8-14-13(12-16-2)6-4-7-15(14)17/h4,6-8,10,16H,3,5,9,11-12H2,1-2H3. The van der Waals surface area contributed by atoms with Crippen molar-refractivity contribution in [3.8, 4) is 0 Å². The van der Waals surface area contributed by atoms with Crippen LogP contribution in [0.1, 0.15) is 18.9 Å². The van der Waals surface area contributed by atoms with Gasteiger partial charge in [0.25, 0.3) is 0 Å². The Morgan fingerprint density at radius 3 is 2.75 bits per heavy atom. The van der Waals surface area contributed by atoms with E-state index in [9.17, 15) is 8.42 Å². The van der Waals surface area contributed by atoms with Crippen LogP contribution in [0, 0.1) is 0 Å². The van der Waals surface area contributed by atoms with Crippen LogP contribution in [0.2, 0.25) is 0 Å². The second-order valence-corrected chi connectivity index (χ2v) is 7.45. The van der Waals surface area contributed by atoms with Crippen LogP contribution in [-0.2, 0) is 22.9 Å². The molecule has 0 unspecified atom stereocenters. The van der Waals surface area contributed by atoms with Crippen molar-refractivity contribution < 1.29 is 8.42 Å². The van der Waals surface area contributed by atoms with Crippen LogP contribution in [0.25, 0.3) is 10.9 Å². The first-order chi connectivity index (χ1) is 9.57. The highest BCUT2D eigenvalue weighted by molar-refractivity contribution is 7.91. The predicted molar refractivity (Wildman–Crippen MR) is 83.6 cm³/mol. The summed E-state index contributed by atoms with van der Waals surface area (Å²) >= 11 is 0. The maximum Gasteiger partial charge on any atom is 0.150 e. The van der Waals surface area contributed by atoms with E-state index in [0.29, 0.717) is 6.42 Å². The van der Waals surface area contributed by atoms with Gasteiger partial charge in [-0.3, -0.25) is 0 Å². The first kappa shape index (κ1) is 15.1. The number of nitrogens with one attached hydrogen (secondary N) is 1. The summed E-state index contributed by atoms with van der Waals surface area (Å²) in [4.78, 5) is 0. The third-order valence-corrected chi connectivity index (χ3v) is 5.36. The smallest absolute Gasteiger partial charge is 0.150 e. The molecule has 0 aliphatic carbocycles. The van der Waals surface area contributed by atoms with Crippen molar-refractivity contribution in [1.82, 2.24) is 9.88 Å². The molecule has 1 heterocycles. The number of fused-ring (bicyclic) bond motifs is 1. The number of hydrogen-bond donors (Lipinski definition) is 1. The SMILES string of the molecule is CCS(=O)(=O)CCCn1ccc2c(CNC)cccc21. The van der Waals surface area contributed by atoms with E-state index in [1.165, 1.54) is 16.5 Å². The van der Waals surface area contributed by atoms with Gasteiger partial charge in [-0.15, -0.1) is 0 Å². The average molecular weight is 294 g/mol. The first-order valence-corrected chi connectivity index (χ1v) is 8.81. The molecule has 20 heavy (non-hydrogen) atoms. The Balaban J connectivity index is 2.14. The highest BCUT2D eigenvalue weighted by Gasteiger charge is 2.08. The highest BCUT2D eigenvalue weighted by atomic mass is 32.2. The van der Waals surface area contributed by atoms with Gasteiger partial charge in [0.05, 0.1) is 5.75 Å². The summed E-state index contributed by atoms with van der Waals surface area (Å²) in [6.45, 7) is 3.28. The van der Waals surface area contributed by atoms with Gasteiger partial charge in [-0.2, -0.15) is 0 Å². The molecule has 0 amide bonds. The van der Waals surface area contributed by atoms with E-state index in [-0.39, 0.29) is 11.5 Å². The molecule has 4 nitrogen and oxygen atoms in total. The number of aromatic nitrogens is 1. The zero-order valence-corrected chi connectivity index (χ0v) is 12.9. The van der Waals surface area contributed by atoms with Crippen LogP contribution < -0.4 is 5.32 Å². The quantitative estimate of drug-likeness (QED) is 0.851. The van der Waals surface area contributed by atoms with E-state index < -0.39 is 9.84 Å². The van der Waals surface area contributed by atoms with Crippen LogP contribution >= 0.6 is 0 Å². The summed E-state index contributed by atoms with van der Waals surface area (Å²) in [6, 6.07) is 8.36. The second kappa shape index (κ2) is 6.41. The zero-order chi connectivity index (χ0) is 14.6. The van der Waals surface area contributed by atoms with Crippen molar-refractivity contribution in [1.29, 1.82) is 0 Å². The number of nitrogens with zero attached hydrogens (tertiary/aromatic N) is 1. The molecule has 0 saturated heterocycles. The van der Waals surface area contributed by atoms with E-state index in [2.05, 4.69) is 28.1 Å². The molecule has 2 aromatic rings. The minimum absolute atomic E-state index is 0.228. The molecule has 0 fully saturated rings. The Labute approximate surface area is 120 Å². The number of rotatable bonds is 7. The van der Waals surface area contributed by atoms with Gasteiger partial charge in [-0.05, 0) is 31.2 Å². The Morgan fingerprint density at radius 1 is 1.25 bits per heavy atom. The minimum Gasteiger partial charge on any atom is -0.347 e. The first-order valence-electron chi connectivity index (χ1n) is 6.99. The summed E-state index contributed by atoms with van der Waals surface area (Å²) in [7, 11) is -0.930. The summed E-state index contributed by atoms with van der Waals surface area (Å²) in [5.41, 5.74) is 2.44. The van der Waals surface area contributed by atoms with Crippen LogP contribution in [0.5, 0.6) is 0 Å². The van der Waals surface area contributed by atoms with Gasteiger partial charge < -0.3 is 9.88 Å². The fraction of sp³-hybridized carbons (Fsp3) is 0.467. The number of hydrogen-bond acceptors (Lipinski definition) is 3. The largest absolute Gasteiger partial charge is 0.347 e. The lowest BCUT2D eigenvalue weighted by molar-refractivity contribution is 0.589. The summed E-state index contributed by atoms with van der Waals surface area (Å²) in [6.07, 6.45) is 2.71. The molecule has 110 valence electrons. The normalized spacial score (nSPS) is 12.1. The van der Waals surface area contributed by atoms with Gasteiger partial charge in [0, 0.05) is 35.9 Å². The molecule has 0 saturated carbocycles. The Morgan fingerprint density at radius 2 is 2.05 bits per heavy atom. The van der Waals surface area contributed by atoms with Gasteiger partial charge in [-0.25, -0.2) is 8.42 Å². The molecule has 2 rings (SSSR count). The maximum absolute atomic E-state index is 11.5. The molecule has 1 N–H and O–H groups in total. The topological polar surface area (TPSA) is 51.1 Å². The van der Waals surface area contributed by atoms with Crippen molar-refractivity contribution in [2.24, 2.45) is 0 Å². The molecule has 1 aromatic heterocycles. The predicted octanol–water partition coefficient (Wildman–Crippen LogP) is 2.19. The lowest BCUT2D eigenvalue weighted by atomic mass is 10.1. The van der Waals surface area contributed by atoms with Gasteiger partial charge >= 0.3 is 0 Å². The van der Waals surface area contributed by atoms with Crippen LogP contribution in [0.3, 0.4) is 0 Å². The second-order valence-electron chi connectivity index (χ2n) is 4.98. The van der Waals surface area contributed by atoms with E-state index in [1.807, 2.05) is 19.3 Å². The number of aryl methyl sites for hydroxylation is 1. The average Bonchev–Trinajstić information content (AvgIpc) is 2.84. The Bertz CT molecular complexity index is 674. The van der Waals surface area contributed by atoms with E-state index in [4.69, 9.17) is 0 Å². The molecule has 0 aliphatic rings. The van der Waals surface area contributed by atoms with Crippen LogP contribution in [-0.4, -0.2) is 31.5 Å². The third kappa shape index (κ3) is 3.41. The molecular weight excluding hydrogens is 272 g/mol. The molecule has 1 aromatic carbocycles. The van der Waals surface area contributed by atoms with Gasteiger partial charge in [-0.1, -0.05) is 19.1 Å². The summed E-state index contributed by atoms with van der Waals surface area (Å²) in [5.74, 6) is 0.491.